The summed E-state index contributed by atoms with van der Waals surface area (Å²) in [5, 5.41) is 9.71. The predicted octanol–water partition coefficient (Wildman–Crippen LogP) is 3.68. The molecule has 1 aromatic heterocycles. The maximum atomic E-state index is 5.25. The van der Waals surface area contributed by atoms with E-state index in [1.54, 1.807) is 25.5 Å². The van der Waals surface area contributed by atoms with Gasteiger partial charge in [0.25, 0.3) is 0 Å². The van der Waals surface area contributed by atoms with Crippen LogP contribution in [0.25, 0.3) is 10.6 Å². The minimum Gasteiger partial charge on any atom is -0.497 e. The summed E-state index contributed by atoms with van der Waals surface area (Å²) < 4.78 is 5.25. The largest absolute Gasteiger partial charge is 0.497 e. The number of rotatable bonds is 6. The number of benzene rings is 2. The van der Waals surface area contributed by atoms with Crippen molar-refractivity contribution in [2.75, 3.05) is 14.2 Å². The van der Waals surface area contributed by atoms with Crippen molar-refractivity contribution in [2.24, 2.45) is 4.99 Å². The highest BCUT2D eigenvalue weighted by molar-refractivity contribution is 7.13. The van der Waals surface area contributed by atoms with E-state index in [1.807, 2.05) is 36.4 Å². The summed E-state index contributed by atoms with van der Waals surface area (Å²) in [6.45, 7) is 1.30. The standard InChI is InChI=1S/C20H22N4OS/c1-21-20(22-12-15-7-6-10-18(11-15)25-2)23-13-17-14-26-19(24-17)16-8-4-3-5-9-16/h3-11,14H,12-13H2,1-2H3,(H2,21,22,23). The lowest BCUT2D eigenvalue weighted by Gasteiger charge is -2.11. The summed E-state index contributed by atoms with van der Waals surface area (Å²) >= 11 is 1.65. The van der Waals surface area contributed by atoms with E-state index in [1.165, 1.54) is 0 Å². The second-order valence-electron chi connectivity index (χ2n) is 5.64. The molecule has 2 aromatic carbocycles. The van der Waals surface area contributed by atoms with Crippen LogP contribution in [-0.2, 0) is 13.1 Å². The average Bonchev–Trinajstić information content (AvgIpc) is 3.18. The van der Waals surface area contributed by atoms with E-state index in [4.69, 9.17) is 4.74 Å². The lowest BCUT2D eigenvalue weighted by molar-refractivity contribution is 0.414. The molecule has 0 amide bonds. The van der Waals surface area contributed by atoms with E-state index in [-0.39, 0.29) is 0 Å². The monoisotopic (exact) mass is 366 g/mol. The van der Waals surface area contributed by atoms with Crippen molar-refractivity contribution >= 4 is 17.3 Å². The lowest BCUT2D eigenvalue weighted by atomic mass is 10.2. The molecular weight excluding hydrogens is 344 g/mol. The zero-order valence-corrected chi connectivity index (χ0v) is 15.7. The summed E-state index contributed by atoms with van der Waals surface area (Å²) in [6.07, 6.45) is 0. The highest BCUT2D eigenvalue weighted by atomic mass is 32.1. The first-order valence-electron chi connectivity index (χ1n) is 8.36. The Hall–Kier alpha value is -2.86. The maximum Gasteiger partial charge on any atom is 0.191 e. The third-order valence-electron chi connectivity index (χ3n) is 3.83. The third kappa shape index (κ3) is 4.83. The Labute approximate surface area is 157 Å². The Balaban J connectivity index is 1.53. The Bertz CT molecular complexity index is 861. The molecule has 0 atom stereocenters. The molecule has 0 spiro atoms. The molecule has 3 aromatic rings. The molecule has 0 aliphatic heterocycles. The first kappa shape index (κ1) is 17.9. The number of ether oxygens (including phenoxy) is 1. The topological polar surface area (TPSA) is 58.5 Å². The second-order valence-corrected chi connectivity index (χ2v) is 6.50. The molecule has 0 unspecified atom stereocenters. The summed E-state index contributed by atoms with van der Waals surface area (Å²) in [6, 6.07) is 18.2. The van der Waals surface area contributed by atoms with Crippen LogP contribution in [0.15, 0.2) is 65.0 Å². The maximum absolute atomic E-state index is 5.25. The van der Waals surface area contributed by atoms with Gasteiger partial charge in [0.2, 0.25) is 0 Å². The van der Waals surface area contributed by atoms with Gasteiger partial charge in [0.15, 0.2) is 5.96 Å². The van der Waals surface area contributed by atoms with E-state index in [0.29, 0.717) is 13.1 Å². The van der Waals surface area contributed by atoms with Crippen LogP contribution >= 0.6 is 11.3 Å². The number of aromatic nitrogens is 1. The van der Waals surface area contributed by atoms with E-state index >= 15 is 0 Å². The van der Waals surface area contributed by atoms with Gasteiger partial charge in [-0.1, -0.05) is 42.5 Å². The zero-order chi connectivity index (χ0) is 18.2. The number of nitrogens with zero attached hydrogens (tertiary/aromatic N) is 2. The van der Waals surface area contributed by atoms with Crippen molar-refractivity contribution in [2.45, 2.75) is 13.1 Å². The quantitative estimate of drug-likeness (QED) is 0.516. The number of hydrogen-bond donors (Lipinski definition) is 2. The van der Waals surface area contributed by atoms with Gasteiger partial charge in [-0.3, -0.25) is 4.99 Å². The summed E-state index contributed by atoms with van der Waals surface area (Å²) in [4.78, 5) is 8.95. The summed E-state index contributed by atoms with van der Waals surface area (Å²) in [7, 11) is 3.43. The number of aliphatic imine (C=N–C) groups is 1. The summed E-state index contributed by atoms with van der Waals surface area (Å²) in [5.41, 5.74) is 3.27. The molecule has 0 aliphatic rings. The highest BCUT2D eigenvalue weighted by Crippen LogP contribution is 2.23. The molecule has 6 heteroatoms. The van der Waals surface area contributed by atoms with Crippen LogP contribution in [0.5, 0.6) is 5.75 Å². The van der Waals surface area contributed by atoms with E-state index in [2.05, 4.69) is 44.2 Å². The molecule has 0 radical (unpaired) electrons. The number of hydrogen-bond acceptors (Lipinski definition) is 4. The minimum absolute atomic E-state index is 0.626. The minimum atomic E-state index is 0.626. The molecule has 0 bridgehead atoms. The first-order valence-corrected chi connectivity index (χ1v) is 9.23. The molecule has 26 heavy (non-hydrogen) atoms. The number of thiazole rings is 1. The van der Waals surface area contributed by atoms with Gasteiger partial charge in [0.1, 0.15) is 10.8 Å². The Morgan fingerprint density at radius 3 is 2.65 bits per heavy atom. The Kier molecular flexibility index (Phi) is 6.22. The van der Waals surface area contributed by atoms with Crippen LogP contribution in [0, 0.1) is 0 Å². The molecule has 1 heterocycles. The fourth-order valence-electron chi connectivity index (χ4n) is 2.46. The van der Waals surface area contributed by atoms with Crippen molar-refractivity contribution < 1.29 is 4.74 Å². The van der Waals surface area contributed by atoms with Gasteiger partial charge in [-0.05, 0) is 17.7 Å². The van der Waals surface area contributed by atoms with Gasteiger partial charge in [-0.2, -0.15) is 0 Å². The Morgan fingerprint density at radius 2 is 1.88 bits per heavy atom. The molecule has 0 aliphatic carbocycles. The molecule has 0 saturated heterocycles. The molecule has 134 valence electrons. The fraction of sp³-hybridized carbons (Fsp3) is 0.200. The van der Waals surface area contributed by atoms with Crippen LogP contribution in [0.1, 0.15) is 11.3 Å². The van der Waals surface area contributed by atoms with E-state index < -0.39 is 0 Å². The van der Waals surface area contributed by atoms with Crippen molar-refractivity contribution in [1.82, 2.24) is 15.6 Å². The predicted molar refractivity (Wildman–Crippen MR) is 108 cm³/mol. The van der Waals surface area contributed by atoms with Gasteiger partial charge >= 0.3 is 0 Å². The van der Waals surface area contributed by atoms with Gasteiger partial charge in [-0.25, -0.2) is 4.98 Å². The lowest BCUT2D eigenvalue weighted by Crippen LogP contribution is -2.36. The van der Waals surface area contributed by atoms with E-state index in [0.717, 1.165) is 33.5 Å². The first-order chi connectivity index (χ1) is 12.8. The van der Waals surface area contributed by atoms with Crippen molar-refractivity contribution in [3.05, 3.63) is 71.2 Å². The number of methoxy groups -OCH3 is 1. The second kappa shape index (κ2) is 9.01. The highest BCUT2D eigenvalue weighted by Gasteiger charge is 2.05. The summed E-state index contributed by atoms with van der Waals surface area (Å²) in [5.74, 6) is 1.59. The van der Waals surface area contributed by atoms with Crippen molar-refractivity contribution in [3.8, 4) is 16.3 Å². The van der Waals surface area contributed by atoms with Gasteiger partial charge in [0, 0.05) is 24.5 Å². The van der Waals surface area contributed by atoms with Crippen LogP contribution < -0.4 is 15.4 Å². The average molecular weight is 366 g/mol. The Morgan fingerprint density at radius 1 is 1.08 bits per heavy atom. The fourth-order valence-corrected chi connectivity index (χ4v) is 3.29. The third-order valence-corrected chi connectivity index (χ3v) is 4.77. The SMILES string of the molecule is CN=C(NCc1cccc(OC)c1)NCc1csc(-c2ccccc2)n1. The van der Waals surface area contributed by atoms with Crippen LogP contribution in [0.2, 0.25) is 0 Å². The molecule has 2 N–H and O–H groups in total. The van der Waals surface area contributed by atoms with Gasteiger partial charge < -0.3 is 15.4 Å². The molecule has 5 nitrogen and oxygen atoms in total. The van der Waals surface area contributed by atoms with Gasteiger partial charge in [-0.15, -0.1) is 11.3 Å². The number of guanidine groups is 1. The molecule has 0 saturated carbocycles. The van der Waals surface area contributed by atoms with Crippen molar-refractivity contribution in [3.63, 3.8) is 0 Å². The van der Waals surface area contributed by atoms with Crippen molar-refractivity contribution in [1.29, 1.82) is 0 Å². The molecular formula is C20H22N4OS. The van der Waals surface area contributed by atoms with Gasteiger partial charge in [0.05, 0.1) is 19.3 Å². The van der Waals surface area contributed by atoms with Crippen LogP contribution in [0.4, 0.5) is 0 Å². The normalized spacial score (nSPS) is 11.2. The molecule has 0 fully saturated rings. The van der Waals surface area contributed by atoms with Crippen LogP contribution in [-0.4, -0.2) is 25.1 Å². The molecule has 3 rings (SSSR count). The number of nitrogens with one attached hydrogen (secondary N) is 2. The smallest absolute Gasteiger partial charge is 0.191 e. The van der Waals surface area contributed by atoms with Crippen LogP contribution in [0.3, 0.4) is 0 Å². The zero-order valence-electron chi connectivity index (χ0n) is 14.9. The van der Waals surface area contributed by atoms with E-state index in [9.17, 15) is 0 Å².